The van der Waals surface area contributed by atoms with Crippen LogP contribution < -0.4 is 4.97 Å². The van der Waals surface area contributed by atoms with Gasteiger partial charge in [0.15, 0.2) is 7.41 Å². The summed E-state index contributed by atoms with van der Waals surface area (Å²) in [6.07, 6.45) is 0. The summed E-state index contributed by atoms with van der Waals surface area (Å²) in [5.74, 6) is 2.40. The van der Waals surface area contributed by atoms with Gasteiger partial charge in [-0.3, -0.25) is 4.84 Å². The second-order valence-corrected chi connectivity index (χ2v) is 3.33. The molecule has 1 N–H and O–H groups in total. The number of nitrogens with one attached hydrogen (secondary N) is 1. The second kappa shape index (κ2) is 7.30. The number of halogens is 1. The fourth-order valence-electron chi connectivity index (χ4n) is 1.10. The van der Waals surface area contributed by atoms with Crippen molar-refractivity contribution in [1.29, 1.82) is 5.26 Å². The average Bonchev–Trinajstić information content (AvgIpc) is 2.28. The van der Waals surface area contributed by atoms with Crippen LogP contribution in [-0.2, 0) is 11.4 Å². The molecule has 1 rings (SSSR count). The number of nitrogens with zero attached hydrogens (tertiary/aromatic N) is 1. The highest BCUT2D eigenvalue weighted by atomic mass is 35.5. The molecule has 0 saturated carbocycles. The Bertz CT molecular complexity index is 315. The lowest BCUT2D eigenvalue weighted by atomic mass is 9.98. The number of hydrogen-bond donors (Lipinski definition) is 1. The van der Waals surface area contributed by atoms with Gasteiger partial charge in [0.25, 0.3) is 0 Å². The molecule has 0 spiro atoms. The quantitative estimate of drug-likeness (QED) is 0.428. The van der Waals surface area contributed by atoms with Crippen LogP contribution >= 0.6 is 11.6 Å². The maximum atomic E-state index is 8.51. The number of alkyl halides is 1. The summed E-state index contributed by atoms with van der Waals surface area (Å²) >= 11 is 5.58. The molecule has 1 atom stereocenters. The van der Waals surface area contributed by atoms with Crippen LogP contribution in [0.25, 0.3) is 0 Å². The van der Waals surface area contributed by atoms with Gasteiger partial charge >= 0.3 is 0 Å². The maximum absolute atomic E-state index is 8.51. The molecule has 0 aliphatic rings. The molecule has 2 radical (unpaired) electrons. The summed E-state index contributed by atoms with van der Waals surface area (Å²) < 4.78 is 0. The highest BCUT2D eigenvalue weighted by molar-refractivity contribution is 6.35. The third-order valence-corrected chi connectivity index (χ3v) is 2.02. The molecule has 1 unspecified atom stereocenters. The van der Waals surface area contributed by atoms with Gasteiger partial charge in [0.1, 0.15) is 6.61 Å². The van der Waals surface area contributed by atoms with Gasteiger partial charge in [0.2, 0.25) is 0 Å². The molecule has 0 fully saturated rings. The number of nitriles is 1. The van der Waals surface area contributed by atoms with Crippen molar-refractivity contribution in [3.05, 3.63) is 35.9 Å². The molecule has 0 aliphatic heterocycles. The highest BCUT2D eigenvalue weighted by Gasteiger charge is 1.99. The molecule has 0 bridgehead atoms. The summed E-state index contributed by atoms with van der Waals surface area (Å²) in [5.41, 5.74) is 1.08. The molecule has 78 valence electrons. The molecule has 0 heterocycles. The van der Waals surface area contributed by atoms with Gasteiger partial charge in [-0.15, -0.1) is 17.6 Å². The molecule has 1 aromatic carbocycles. The van der Waals surface area contributed by atoms with E-state index in [1.54, 1.807) is 0 Å². The van der Waals surface area contributed by atoms with Crippen molar-refractivity contribution < 1.29 is 9.81 Å². The zero-order chi connectivity index (χ0) is 10.9. The Hall–Kier alpha value is -1.02. The SMILES string of the molecule is N#C[B-][NH+](CCCl)OCc1ccccc1. The van der Waals surface area contributed by atoms with Gasteiger partial charge in [-0.05, 0) is 5.56 Å². The van der Waals surface area contributed by atoms with Gasteiger partial charge in [-0.2, -0.15) is 0 Å². The number of benzene rings is 1. The Morgan fingerprint density at radius 2 is 2.13 bits per heavy atom. The minimum absolute atomic E-state index is 0.461. The molecular formula is C10H12BClN2O. The van der Waals surface area contributed by atoms with Crippen LogP contribution in [0.4, 0.5) is 0 Å². The standard InChI is InChI=1S/C10H12BClN2O/c12-6-7-14(11-9-13)15-8-10-4-2-1-3-5-10/h1-5,14H,6-8H2. The van der Waals surface area contributed by atoms with Crippen molar-refractivity contribution in [2.24, 2.45) is 0 Å². The average molecular weight is 222 g/mol. The molecule has 1 aromatic rings. The molecule has 5 heteroatoms. The molecule has 0 saturated heterocycles. The lowest BCUT2D eigenvalue weighted by Gasteiger charge is -2.23. The Morgan fingerprint density at radius 1 is 1.40 bits per heavy atom. The lowest BCUT2D eigenvalue weighted by Crippen LogP contribution is -3.13. The topological polar surface area (TPSA) is 37.5 Å². The van der Waals surface area contributed by atoms with E-state index >= 15 is 0 Å². The normalized spacial score (nSPS) is 12.0. The Labute approximate surface area is 95.4 Å². The predicted octanol–water partition coefficient (Wildman–Crippen LogP) is 0.342. The van der Waals surface area contributed by atoms with Crippen LogP contribution in [0, 0.1) is 11.2 Å². The third kappa shape index (κ3) is 4.84. The third-order valence-electron chi connectivity index (χ3n) is 1.83. The number of rotatable bonds is 6. The molecule has 0 amide bonds. The Morgan fingerprint density at radius 3 is 2.73 bits per heavy atom. The smallest absolute Gasteiger partial charge is 0.159 e. The summed E-state index contributed by atoms with van der Waals surface area (Å²) in [4.78, 5) is 6.10. The van der Waals surface area contributed by atoms with E-state index in [9.17, 15) is 0 Å². The van der Waals surface area contributed by atoms with Crippen LogP contribution in [0.2, 0.25) is 0 Å². The van der Waals surface area contributed by atoms with Crippen molar-refractivity contribution in [1.82, 2.24) is 0 Å². The fourth-order valence-corrected chi connectivity index (χ4v) is 1.29. The van der Waals surface area contributed by atoms with Gasteiger partial charge in [-0.1, -0.05) is 30.3 Å². The Kier molecular flexibility index (Phi) is 5.87. The van der Waals surface area contributed by atoms with Gasteiger partial charge in [-0.25, -0.2) is 5.26 Å². The summed E-state index contributed by atoms with van der Waals surface area (Å²) in [6, 6.07) is 9.81. The molecule has 15 heavy (non-hydrogen) atoms. The van der Waals surface area contributed by atoms with E-state index in [2.05, 4.69) is 0 Å². The van der Waals surface area contributed by atoms with Gasteiger partial charge in [0, 0.05) is 0 Å². The van der Waals surface area contributed by atoms with E-state index in [-0.39, 0.29) is 0 Å². The summed E-state index contributed by atoms with van der Waals surface area (Å²) in [5, 5.41) is 8.51. The summed E-state index contributed by atoms with van der Waals surface area (Å²) in [7, 11) is 1.39. The fraction of sp³-hybridized carbons (Fsp3) is 0.300. The highest BCUT2D eigenvalue weighted by Crippen LogP contribution is 1.97. The predicted molar refractivity (Wildman–Crippen MR) is 59.1 cm³/mol. The maximum Gasteiger partial charge on any atom is 0.159 e. The first-order chi connectivity index (χ1) is 7.36. The molecule has 3 nitrogen and oxygen atoms in total. The first-order valence-corrected chi connectivity index (χ1v) is 5.21. The second-order valence-electron chi connectivity index (χ2n) is 2.95. The minimum atomic E-state index is 0.461. The van der Waals surface area contributed by atoms with Crippen LogP contribution in [-0.4, -0.2) is 19.8 Å². The molecule has 0 aliphatic carbocycles. The van der Waals surface area contributed by atoms with Crippen molar-refractivity contribution >= 4 is 19.0 Å². The zero-order valence-electron chi connectivity index (χ0n) is 8.32. The monoisotopic (exact) mass is 222 g/mol. The van der Waals surface area contributed by atoms with E-state index in [4.69, 9.17) is 21.7 Å². The number of hydrogen-bond acceptors (Lipinski definition) is 2. The van der Waals surface area contributed by atoms with Crippen LogP contribution in [0.15, 0.2) is 30.3 Å². The van der Waals surface area contributed by atoms with Crippen LogP contribution in [0.5, 0.6) is 0 Å². The van der Waals surface area contributed by atoms with E-state index in [0.29, 0.717) is 24.0 Å². The first-order valence-electron chi connectivity index (χ1n) is 4.68. The zero-order valence-corrected chi connectivity index (χ0v) is 9.07. The lowest BCUT2D eigenvalue weighted by molar-refractivity contribution is -1.00. The summed E-state index contributed by atoms with van der Waals surface area (Å²) in [6.45, 7) is 1.06. The van der Waals surface area contributed by atoms with Crippen molar-refractivity contribution in [2.45, 2.75) is 6.61 Å². The van der Waals surface area contributed by atoms with E-state index in [1.165, 1.54) is 7.41 Å². The van der Waals surface area contributed by atoms with Crippen molar-refractivity contribution in [2.75, 3.05) is 12.4 Å². The van der Waals surface area contributed by atoms with E-state index in [1.807, 2.05) is 36.3 Å². The minimum Gasteiger partial charge on any atom is -0.403 e. The number of hydroxylamine groups is 1. The Balaban J connectivity index is 2.37. The van der Waals surface area contributed by atoms with E-state index < -0.39 is 0 Å². The van der Waals surface area contributed by atoms with Gasteiger partial charge in [0.05, 0.1) is 12.4 Å². The molecular weight excluding hydrogens is 210 g/mol. The largest absolute Gasteiger partial charge is 0.403 e. The van der Waals surface area contributed by atoms with Crippen molar-refractivity contribution in [3.63, 3.8) is 0 Å². The molecule has 0 aromatic heterocycles. The van der Waals surface area contributed by atoms with Crippen LogP contribution in [0.3, 0.4) is 0 Å². The van der Waals surface area contributed by atoms with E-state index in [0.717, 1.165) is 5.56 Å². The van der Waals surface area contributed by atoms with Crippen LogP contribution in [0.1, 0.15) is 5.56 Å². The first kappa shape index (κ1) is 12.1. The number of quaternary nitrogens is 1. The van der Waals surface area contributed by atoms with Gasteiger partial charge < -0.3 is 4.97 Å². The van der Waals surface area contributed by atoms with Crippen molar-refractivity contribution in [3.8, 4) is 5.97 Å².